The molecule has 0 spiro atoms. The van der Waals surface area contributed by atoms with E-state index < -0.39 is 10.1 Å². The number of rotatable bonds is 3. The van der Waals surface area contributed by atoms with Gasteiger partial charge < -0.3 is 11.9 Å². The summed E-state index contributed by atoms with van der Waals surface area (Å²) in [6, 6.07) is 4.05. The molecule has 1 aromatic rings. The van der Waals surface area contributed by atoms with Crippen LogP contribution in [0.25, 0.3) is 0 Å². The van der Waals surface area contributed by atoms with Gasteiger partial charge in [0.2, 0.25) is 0 Å². The van der Waals surface area contributed by atoms with Crippen molar-refractivity contribution < 1.29 is 48.7 Å². The first-order valence-electron chi connectivity index (χ1n) is 4.28. The monoisotopic (exact) mass is 255 g/mol. The Hall–Kier alpha value is -0.110. The maximum absolute atomic E-state index is 11.0. The summed E-state index contributed by atoms with van der Waals surface area (Å²) in [5.74, 6) is 0.0926. The molecule has 1 aromatic carbocycles. The largest absolute Gasteiger partial charge is 1.00 e. The summed E-state index contributed by atoms with van der Waals surface area (Å²) in [7, 11) is -2.95. The number of benzene rings is 1. The second-order valence-corrected chi connectivity index (χ2v) is 4.53. The minimum atomic E-state index is -4.28. The van der Waals surface area contributed by atoms with Gasteiger partial charge in [-0.3, -0.25) is 4.55 Å². The zero-order valence-electron chi connectivity index (χ0n) is 10.5. The van der Waals surface area contributed by atoms with Crippen LogP contribution in [0.1, 0.15) is 20.0 Å². The standard InChI is InChI=1S/C9H13NO4S.Na.H/c1-6(10)7-4-3-5-8(9(7)14-2)15(11,12)13;;/h3-6H,10H2,1-2H3,(H,11,12,13);;/q;+1;-1. The van der Waals surface area contributed by atoms with Gasteiger partial charge in [0.05, 0.1) is 7.11 Å². The smallest absolute Gasteiger partial charge is 1.00 e. The van der Waals surface area contributed by atoms with Crippen LogP contribution in [-0.2, 0) is 10.1 Å². The molecule has 0 radical (unpaired) electrons. The Morgan fingerprint density at radius 3 is 2.44 bits per heavy atom. The molecule has 1 unspecified atom stereocenters. The fourth-order valence-corrected chi connectivity index (χ4v) is 2.00. The van der Waals surface area contributed by atoms with Gasteiger partial charge in [0, 0.05) is 11.6 Å². The molecule has 0 aliphatic rings. The Balaban J connectivity index is 0. The summed E-state index contributed by atoms with van der Waals surface area (Å²) in [4.78, 5) is -0.264. The molecule has 0 aliphatic heterocycles. The summed E-state index contributed by atoms with van der Waals surface area (Å²) in [6.45, 7) is 1.70. The van der Waals surface area contributed by atoms with Crippen molar-refractivity contribution in [1.82, 2.24) is 0 Å². The zero-order valence-corrected chi connectivity index (χ0v) is 12.3. The molecule has 3 N–H and O–H groups in total. The van der Waals surface area contributed by atoms with E-state index in [1.54, 1.807) is 13.0 Å². The molecule has 0 aliphatic carbocycles. The molecule has 86 valence electrons. The van der Waals surface area contributed by atoms with Crippen molar-refractivity contribution in [3.05, 3.63) is 23.8 Å². The van der Waals surface area contributed by atoms with Crippen molar-refractivity contribution in [1.29, 1.82) is 0 Å². The van der Waals surface area contributed by atoms with Crippen molar-refractivity contribution >= 4 is 10.1 Å². The van der Waals surface area contributed by atoms with Crippen molar-refractivity contribution in [3.63, 3.8) is 0 Å². The topological polar surface area (TPSA) is 89.6 Å². The molecule has 0 bridgehead atoms. The molecule has 7 heteroatoms. The molecule has 1 atom stereocenters. The van der Waals surface area contributed by atoms with E-state index in [1.807, 2.05) is 0 Å². The predicted octanol–water partition coefficient (Wildman–Crippen LogP) is -1.92. The Morgan fingerprint density at radius 2 is 2.06 bits per heavy atom. The molecular formula is C9H14NNaO4S. The van der Waals surface area contributed by atoms with E-state index in [1.165, 1.54) is 19.2 Å². The van der Waals surface area contributed by atoms with E-state index in [4.69, 9.17) is 15.0 Å². The van der Waals surface area contributed by atoms with Gasteiger partial charge in [0.1, 0.15) is 10.6 Å². The average molecular weight is 255 g/mol. The van der Waals surface area contributed by atoms with Crippen LogP contribution >= 0.6 is 0 Å². The average Bonchev–Trinajstić information content (AvgIpc) is 2.15. The van der Waals surface area contributed by atoms with Gasteiger partial charge in [-0.2, -0.15) is 8.42 Å². The fourth-order valence-electron chi connectivity index (χ4n) is 1.31. The Bertz CT molecular complexity index is 464. The number of nitrogens with two attached hydrogens (primary N) is 1. The van der Waals surface area contributed by atoms with Crippen LogP contribution in [-0.4, -0.2) is 20.1 Å². The van der Waals surface area contributed by atoms with Crippen molar-refractivity contribution in [2.24, 2.45) is 5.73 Å². The van der Waals surface area contributed by atoms with E-state index in [0.717, 1.165) is 0 Å². The predicted molar refractivity (Wildman–Crippen MR) is 56.5 cm³/mol. The Kier molecular flexibility index (Phi) is 5.95. The second kappa shape index (κ2) is 6.00. The third-order valence-electron chi connectivity index (χ3n) is 1.98. The van der Waals surface area contributed by atoms with E-state index in [9.17, 15) is 8.42 Å². The first-order chi connectivity index (χ1) is 6.88. The maximum Gasteiger partial charge on any atom is 1.00 e. The van der Waals surface area contributed by atoms with Crippen molar-refractivity contribution in [3.8, 4) is 5.75 Å². The third kappa shape index (κ3) is 3.44. The molecule has 0 aromatic heterocycles. The molecule has 0 saturated heterocycles. The van der Waals surface area contributed by atoms with Gasteiger partial charge in [-0.15, -0.1) is 0 Å². The summed E-state index contributed by atoms with van der Waals surface area (Å²) >= 11 is 0. The van der Waals surface area contributed by atoms with Gasteiger partial charge in [-0.05, 0) is 13.0 Å². The van der Waals surface area contributed by atoms with Gasteiger partial charge in [-0.1, -0.05) is 12.1 Å². The molecule has 1 rings (SSSR count). The van der Waals surface area contributed by atoms with Crippen molar-refractivity contribution in [2.45, 2.75) is 17.9 Å². The van der Waals surface area contributed by atoms with Crippen LogP contribution in [0.3, 0.4) is 0 Å². The zero-order chi connectivity index (χ0) is 11.6. The van der Waals surface area contributed by atoms with Gasteiger partial charge in [-0.25, -0.2) is 0 Å². The molecule has 0 heterocycles. The van der Waals surface area contributed by atoms with E-state index in [0.29, 0.717) is 5.56 Å². The minimum Gasteiger partial charge on any atom is -1.00 e. The summed E-state index contributed by atoms with van der Waals surface area (Å²) in [5, 5.41) is 0. The second-order valence-electron chi connectivity index (χ2n) is 3.14. The van der Waals surface area contributed by atoms with Gasteiger partial charge in [0.15, 0.2) is 0 Å². The van der Waals surface area contributed by atoms with Crippen molar-refractivity contribution in [2.75, 3.05) is 7.11 Å². The quantitative estimate of drug-likeness (QED) is 0.485. The van der Waals surface area contributed by atoms with Crippen LogP contribution in [0.2, 0.25) is 0 Å². The maximum atomic E-state index is 11.0. The molecule has 5 nitrogen and oxygen atoms in total. The molecular weight excluding hydrogens is 241 g/mol. The fraction of sp³-hybridized carbons (Fsp3) is 0.333. The molecule has 0 saturated carbocycles. The summed E-state index contributed by atoms with van der Waals surface area (Å²) in [5.41, 5.74) is 6.18. The first kappa shape index (κ1) is 15.9. The molecule has 0 fully saturated rings. The molecule has 0 amide bonds. The Morgan fingerprint density at radius 1 is 1.50 bits per heavy atom. The van der Waals surface area contributed by atoms with E-state index in [2.05, 4.69) is 0 Å². The number of para-hydroxylation sites is 1. The number of ether oxygens (including phenoxy) is 1. The number of methoxy groups -OCH3 is 1. The van der Waals surface area contributed by atoms with Crippen LogP contribution in [0, 0.1) is 0 Å². The van der Waals surface area contributed by atoms with Crippen LogP contribution < -0.4 is 40.0 Å². The number of hydrogen-bond acceptors (Lipinski definition) is 4. The van der Waals surface area contributed by atoms with Gasteiger partial charge in [0.25, 0.3) is 10.1 Å². The van der Waals surface area contributed by atoms with E-state index >= 15 is 0 Å². The SMILES string of the molecule is COc1c(C(C)N)cccc1S(=O)(=O)O.[H-].[Na+]. The number of hydrogen-bond donors (Lipinski definition) is 2. The Labute approximate surface area is 119 Å². The minimum absolute atomic E-state index is 0. The van der Waals surface area contributed by atoms with Crippen LogP contribution in [0.15, 0.2) is 23.1 Å². The molecule has 16 heavy (non-hydrogen) atoms. The van der Waals surface area contributed by atoms with E-state index in [-0.39, 0.29) is 47.7 Å². The normalized spacial score (nSPS) is 12.8. The van der Waals surface area contributed by atoms with Gasteiger partial charge >= 0.3 is 29.6 Å². The van der Waals surface area contributed by atoms with Crippen LogP contribution in [0.5, 0.6) is 5.75 Å². The first-order valence-corrected chi connectivity index (χ1v) is 5.72. The summed E-state index contributed by atoms with van der Waals surface area (Å²) < 4.78 is 35.9. The summed E-state index contributed by atoms with van der Waals surface area (Å²) in [6.07, 6.45) is 0. The van der Waals surface area contributed by atoms with Crippen LogP contribution in [0.4, 0.5) is 0 Å². The third-order valence-corrected chi connectivity index (χ3v) is 2.86.